The van der Waals surface area contributed by atoms with Crippen molar-refractivity contribution in [2.24, 2.45) is 0 Å². The van der Waals surface area contributed by atoms with Gasteiger partial charge in [0.1, 0.15) is 0 Å². The highest BCUT2D eigenvalue weighted by atomic mass is 32.1. The lowest BCUT2D eigenvalue weighted by Gasteiger charge is -2.27. The first-order valence-corrected chi connectivity index (χ1v) is 18.6. The Morgan fingerprint density at radius 2 is 1.04 bits per heavy atom. The summed E-state index contributed by atoms with van der Waals surface area (Å²) in [6, 6.07) is 62.4. The number of rotatable bonds is 4. The van der Waals surface area contributed by atoms with Crippen LogP contribution in [0.1, 0.15) is 0 Å². The molecule has 0 bridgehead atoms. The molecule has 8 aromatic carbocycles. The van der Waals surface area contributed by atoms with E-state index >= 15 is 0 Å². The molecule has 0 aliphatic heterocycles. The number of thiophene rings is 2. The largest absolute Gasteiger partial charge is 0.310 e. The molecular formula is C46H28N2S2. The summed E-state index contributed by atoms with van der Waals surface area (Å²) in [7, 11) is 0. The van der Waals surface area contributed by atoms with Crippen molar-refractivity contribution in [3.63, 3.8) is 0 Å². The Hall–Kier alpha value is -5.94. The highest BCUT2D eigenvalue weighted by Crippen LogP contribution is 2.47. The van der Waals surface area contributed by atoms with E-state index in [4.69, 9.17) is 0 Å². The minimum atomic E-state index is 1.13. The van der Waals surface area contributed by atoms with E-state index in [1.807, 2.05) is 22.7 Å². The van der Waals surface area contributed by atoms with E-state index in [0.717, 1.165) is 22.7 Å². The molecule has 11 rings (SSSR count). The minimum Gasteiger partial charge on any atom is -0.310 e. The van der Waals surface area contributed by atoms with Crippen molar-refractivity contribution in [2.45, 2.75) is 0 Å². The Balaban J connectivity index is 1.24. The number of hydrogen-bond acceptors (Lipinski definition) is 3. The summed E-state index contributed by atoms with van der Waals surface area (Å²) in [6.45, 7) is 0. The Labute approximate surface area is 296 Å². The van der Waals surface area contributed by atoms with Gasteiger partial charge in [0.15, 0.2) is 0 Å². The quantitative estimate of drug-likeness (QED) is 0.181. The summed E-state index contributed by atoms with van der Waals surface area (Å²) in [5.74, 6) is 0. The van der Waals surface area contributed by atoms with Gasteiger partial charge in [0, 0.05) is 73.6 Å². The van der Waals surface area contributed by atoms with E-state index in [0.29, 0.717) is 0 Å². The molecule has 0 saturated heterocycles. The van der Waals surface area contributed by atoms with E-state index in [1.165, 1.54) is 72.9 Å². The fraction of sp³-hybridized carbons (Fsp3) is 0. The maximum Gasteiger partial charge on any atom is 0.0562 e. The fourth-order valence-electron chi connectivity index (χ4n) is 7.95. The molecule has 0 spiro atoms. The fourth-order valence-corrected chi connectivity index (χ4v) is 10.3. The molecule has 0 aliphatic carbocycles. The molecule has 50 heavy (non-hydrogen) atoms. The van der Waals surface area contributed by atoms with Crippen LogP contribution < -0.4 is 4.90 Å². The first-order chi connectivity index (χ1) is 24.8. The summed E-state index contributed by atoms with van der Waals surface area (Å²) in [5.41, 5.74) is 7.01. The van der Waals surface area contributed by atoms with E-state index < -0.39 is 0 Å². The molecule has 0 unspecified atom stereocenters. The van der Waals surface area contributed by atoms with Crippen molar-refractivity contribution >= 4 is 113 Å². The van der Waals surface area contributed by atoms with Gasteiger partial charge in [0.25, 0.3) is 0 Å². The van der Waals surface area contributed by atoms with Crippen molar-refractivity contribution in [1.29, 1.82) is 0 Å². The Morgan fingerprint density at radius 1 is 0.400 bits per heavy atom. The van der Waals surface area contributed by atoms with Crippen molar-refractivity contribution in [3.05, 3.63) is 170 Å². The van der Waals surface area contributed by atoms with Crippen LogP contribution in [0.3, 0.4) is 0 Å². The van der Waals surface area contributed by atoms with Crippen LogP contribution in [0.4, 0.5) is 17.1 Å². The van der Waals surface area contributed by atoms with Crippen molar-refractivity contribution in [1.82, 2.24) is 4.57 Å². The third-order valence-corrected chi connectivity index (χ3v) is 12.5. The van der Waals surface area contributed by atoms with Gasteiger partial charge < -0.3 is 9.47 Å². The van der Waals surface area contributed by atoms with Gasteiger partial charge in [0.05, 0.1) is 16.7 Å². The highest BCUT2D eigenvalue weighted by molar-refractivity contribution is 7.27. The van der Waals surface area contributed by atoms with Gasteiger partial charge in [-0.2, -0.15) is 0 Å². The number of aromatic nitrogens is 1. The standard InChI is InChI=1S/C46H28N2S2/c1-2-13-30(14-3-1)48-40-25-24-36-34-16-6-9-20-43(34)50-46(36)45(40)37-23-21-32(28-41(37)48)47(39-18-10-12-29-11-4-5-15-33(29)39)31-22-26-44-38(27-31)35-17-7-8-19-42(35)49-44/h1-28H. The summed E-state index contributed by atoms with van der Waals surface area (Å²) in [5, 5.41) is 10.3. The molecule has 0 saturated carbocycles. The van der Waals surface area contributed by atoms with Gasteiger partial charge >= 0.3 is 0 Å². The molecule has 0 aliphatic rings. The van der Waals surface area contributed by atoms with Crippen LogP contribution in [0.2, 0.25) is 0 Å². The first-order valence-electron chi connectivity index (χ1n) is 16.9. The molecule has 234 valence electrons. The lowest BCUT2D eigenvalue weighted by molar-refractivity contribution is 1.18. The molecule has 3 heterocycles. The molecule has 4 heteroatoms. The van der Waals surface area contributed by atoms with Crippen molar-refractivity contribution in [2.75, 3.05) is 4.90 Å². The van der Waals surface area contributed by atoms with Gasteiger partial charge in [-0.15, -0.1) is 22.7 Å². The molecule has 11 aromatic rings. The van der Waals surface area contributed by atoms with E-state index in [2.05, 4.69) is 179 Å². The zero-order chi connectivity index (χ0) is 32.8. The maximum absolute atomic E-state index is 2.45. The van der Waals surface area contributed by atoms with E-state index in [-0.39, 0.29) is 0 Å². The maximum atomic E-state index is 2.45. The lowest BCUT2D eigenvalue weighted by Crippen LogP contribution is -2.10. The van der Waals surface area contributed by atoms with Gasteiger partial charge in [-0.25, -0.2) is 0 Å². The van der Waals surface area contributed by atoms with Crippen LogP contribution in [0.25, 0.3) is 78.6 Å². The predicted octanol–water partition coefficient (Wildman–Crippen LogP) is 14.1. The average molecular weight is 673 g/mol. The van der Waals surface area contributed by atoms with Crippen LogP contribution in [0.5, 0.6) is 0 Å². The summed E-state index contributed by atoms with van der Waals surface area (Å²) >= 11 is 3.76. The van der Waals surface area contributed by atoms with Crippen LogP contribution in [0.15, 0.2) is 170 Å². The number of anilines is 3. The number of fused-ring (bicyclic) bond motifs is 11. The summed E-state index contributed by atoms with van der Waals surface area (Å²) in [6.07, 6.45) is 0. The van der Waals surface area contributed by atoms with Crippen LogP contribution in [0, 0.1) is 0 Å². The first kappa shape index (κ1) is 28.0. The second-order valence-corrected chi connectivity index (χ2v) is 15.1. The average Bonchev–Trinajstić information content (AvgIpc) is 3.84. The SMILES string of the molecule is c1ccc(-n2c3cc(N(c4ccc5sc6ccccc6c5c4)c4cccc5ccccc45)ccc3c3c4sc5ccccc5c4ccc32)cc1. The second-order valence-electron chi connectivity index (χ2n) is 12.9. The number of nitrogens with zero attached hydrogens (tertiary/aromatic N) is 2. The third kappa shape index (κ3) is 4.07. The zero-order valence-electron chi connectivity index (χ0n) is 26.9. The Kier molecular flexibility index (Phi) is 6.03. The van der Waals surface area contributed by atoms with Crippen LogP contribution in [-0.2, 0) is 0 Å². The molecule has 3 aromatic heterocycles. The van der Waals surface area contributed by atoms with Crippen molar-refractivity contribution in [3.8, 4) is 5.69 Å². The molecular weight excluding hydrogens is 645 g/mol. The molecule has 2 nitrogen and oxygen atoms in total. The molecule has 0 N–H and O–H groups in total. The lowest BCUT2D eigenvalue weighted by atomic mass is 10.0. The van der Waals surface area contributed by atoms with E-state index in [9.17, 15) is 0 Å². The topological polar surface area (TPSA) is 8.17 Å². The molecule has 0 atom stereocenters. The Bertz CT molecular complexity index is 3100. The van der Waals surface area contributed by atoms with E-state index in [1.54, 1.807) is 0 Å². The number of benzene rings is 8. The van der Waals surface area contributed by atoms with Crippen molar-refractivity contribution < 1.29 is 0 Å². The van der Waals surface area contributed by atoms with Gasteiger partial charge in [0.2, 0.25) is 0 Å². The Morgan fingerprint density at radius 3 is 1.90 bits per heavy atom. The molecule has 0 amide bonds. The molecule has 0 radical (unpaired) electrons. The van der Waals surface area contributed by atoms with Gasteiger partial charge in [-0.05, 0) is 72.1 Å². The normalized spacial score (nSPS) is 12.0. The van der Waals surface area contributed by atoms with Gasteiger partial charge in [-0.1, -0.05) is 103 Å². The zero-order valence-corrected chi connectivity index (χ0v) is 28.5. The summed E-state index contributed by atoms with van der Waals surface area (Å²) in [4.78, 5) is 2.45. The smallest absolute Gasteiger partial charge is 0.0562 e. The van der Waals surface area contributed by atoms with Gasteiger partial charge in [-0.3, -0.25) is 0 Å². The molecule has 0 fully saturated rings. The highest BCUT2D eigenvalue weighted by Gasteiger charge is 2.22. The minimum absolute atomic E-state index is 1.13. The predicted molar refractivity (Wildman–Crippen MR) is 219 cm³/mol. The second kappa shape index (κ2) is 10.8. The monoisotopic (exact) mass is 672 g/mol. The third-order valence-electron chi connectivity index (χ3n) is 10.2. The van der Waals surface area contributed by atoms with Crippen LogP contribution in [-0.4, -0.2) is 4.57 Å². The van der Waals surface area contributed by atoms with Crippen LogP contribution >= 0.6 is 22.7 Å². The number of para-hydroxylation sites is 1. The summed E-state index contributed by atoms with van der Waals surface area (Å²) < 4.78 is 7.74. The number of hydrogen-bond donors (Lipinski definition) is 0.